The van der Waals surface area contributed by atoms with E-state index in [1.807, 2.05) is 0 Å². The van der Waals surface area contributed by atoms with Crippen LogP contribution >= 0.6 is 11.6 Å². The highest BCUT2D eigenvalue weighted by atomic mass is 35.5. The first-order chi connectivity index (χ1) is 11.9. The molecule has 0 N–H and O–H groups in total. The Morgan fingerprint density at radius 2 is 2.00 bits per heavy atom. The summed E-state index contributed by atoms with van der Waals surface area (Å²) >= 11 is 6.03. The molecular formula is C17H18ClFN2O3S. The Morgan fingerprint density at radius 1 is 1.28 bits per heavy atom. The summed E-state index contributed by atoms with van der Waals surface area (Å²) in [5.41, 5.74) is 0.405. The van der Waals surface area contributed by atoms with Crippen molar-refractivity contribution in [3.05, 3.63) is 53.1 Å². The van der Waals surface area contributed by atoms with Gasteiger partial charge in [0.2, 0.25) is 10.0 Å². The highest BCUT2D eigenvalue weighted by Crippen LogP contribution is 2.28. The van der Waals surface area contributed by atoms with Crippen LogP contribution in [0.4, 0.5) is 4.39 Å². The molecule has 1 aromatic heterocycles. The average Bonchev–Trinajstić information content (AvgIpc) is 2.57. The maximum absolute atomic E-state index is 13.2. The molecular weight excluding hydrogens is 367 g/mol. The van der Waals surface area contributed by atoms with Crippen molar-refractivity contribution in [2.24, 2.45) is 0 Å². The highest BCUT2D eigenvalue weighted by Gasteiger charge is 2.31. The molecule has 5 nitrogen and oxygen atoms in total. The van der Waals surface area contributed by atoms with Crippen LogP contribution < -0.4 is 4.74 Å². The molecule has 0 unspecified atom stereocenters. The van der Waals surface area contributed by atoms with Crippen LogP contribution in [-0.4, -0.2) is 36.9 Å². The summed E-state index contributed by atoms with van der Waals surface area (Å²) in [7, 11) is -3.64. The van der Waals surface area contributed by atoms with Gasteiger partial charge >= 0.3 is 0 Å². The van der Waals surface area contributed by atoms with E-state index in [1.54, 1.807) is 19.2 Å². The number of rotatable bonds is 4. The second-order valence-electron chi connectivity index (χ2n) is 5.94. The Labute approximate surface area is 151 Å². The first-order valence-corrected chi connectivity index (χ1v) is 9.72. The zero-order valence-corrected chi connectivity index (χ0v) is 15.2. The molecule has 0 radical (unpaired) electrons. The largest absolute Gasteiger partial charge is 0.489 e. The predicted molar refractivity (Wildman–Crippen MR) is 92.8 cm³/mol. The molecule has 1 fully saturated rings. The van der Waals surface area contributed by atoms with E-state index in [2.05, 4.69) is 4.98 Å². The quantitative estimate of drug-likeness (QED) is 0.810. The molecule has 0 aliphatic carbocycles. The number of halogens is 2. The monoisotopic (exact) mass is 384 g/mol. The van der Waals surface area contributed by atoms with Crippen molar-refractivity contribution in [3.63, 3.8) is 0 Å². The predicted octanol–water partition coefficient (Wildman–Crippen LogP) is 3.41. The minimum atomic E-state index is -3.64. The molecule has 0 atom stereocenters. The summed E-state index contributed by atoms with van der Waals surface area (Å²) in [6.07, 6.45) is 4.10. The second-order valence-corrected chi connectivity index (χ2v) is 8.25. The second kappa shape index (κ2) is 7.27. The third-order valence-electron chi connectivity index (χ3n) is 4.18. The van der Waals surface area contributed by atoms with Gasteiger partial charge in [-0.2, -0.15) is 4.31 Å². The van der Waals surface area contributed by atoms with Gasteiger partial charge in [-0.3, -0.25) is 4.98 Å². The van der Waals surface area contributed by atoms with Crippen LogP contribution in [0.3, 0.4) is 0 Å². The van der Waals surface area contributed by atoms with Crippen molar-refractivity contribution >= 4 is 21.6 Å². The van der Waals surface area contributed by atoms with E-state index in [4.69, 9.17) is 16.3 Å². The van der Waals surface area contributed by atoms with Crippen LogP contribution in [0.1, 0.15) is 18.4 Å². The minimum Gasteiger partial charge on any atom is -0.489 e. The van der Waals surface area contributed by atoms with Crippen molar-refractivity contribution in [2.75, 3.05) is 13.1 Å². The normalized spacial score (nSPS) is 16.8. The molecule has 2 heterocycles. The van der Waals surface area contributed by atoms with Gasteiger partial charge in [-0.25, -0.2) is 12.8 Å². The molecule has 0 saturated carbocycles. The van der Waals surface area contributed by atoms with Gasteiger partial charge in [0.05, 0.1) is 4.90 Å². The fraction of sp³-hybridized carbons (Fsp3) is 0.353. The lowest BCUT2D eigenvalue weighted by Crippen LogP contribution is -2.41. The van der Waals surface area contributed by atoms with Crippen LogP contribution in [0.2, 0.25) is 5.02 Å². The van der Waals surface area contributed by atoms with Gasteiger partial charge in [-0.1, -0.05) is 11.6 Å². The number of benzene rings is 1. The zero-order chi connectivity index (χ0) is 18.0. The fourth-order valence-electron chi connectivity index (χ4n) is 2.87. The maximum atomic E-state index is 13.2. The summed E-state index contributed by atoms with van der Waals surface area (Å²) in [5.74, 6) is 0.102. The summed E-state index contributed by atoms with van der Waals surface area (Å²) in [4.78, 5) is 4.05. The third kappa shape index (κ3) is 3.94. The van der Waals surface area contributed by atoms with Crippen molar-refractivity contribution in [3.8, 4) is 5.75 Å². The van der Waals surface area contributed by atoms with E-state index >= 15 is 0 Å². The molecule has 0 spiro atoms. The average molecular weight is 385 g/mol. The molecule has 0 amide bonds. The number of ether oxygens (including phenoxy) is 1. The Hall–Kier alpha value is -1.70. The molecule has 3 rings (SSSR count). The molecule has 2 aromatic rings. The first-order valence-electron chi connectivity index (χ1n) is 7.90. The Balaban J connectivity index is 1.68. The smallest absolute Gasteiger partial charge is 0.243 e. The number of hydrogen-bond acceptors (Lipinski definition) is 4. The van der Waals surface area contributed by atoms with Crippen LogP contribution in [0.5, 0.6) is 5.75 Å². The van der Waals surface area contributed by atoms with E-state index in [9.17, 15) is 12.8 Å². The summed E-state index contributed by atoms with van der Waals surface area (Å²) in [6.45, 7) is 2.27. The van der Waals surface area contributed by atoms with Gasteiger partial charge in [0.1, 0.15) is 22.7 Å². The molecule has 25 heavy (non-hydrogen) atoms. The summed E-state index contributed by atoms with van der Waals surface area (Å²) in [6, 6.07) is 5.40. The highest BCUT2D eigenvalue weighted by molar-refractivity contribution is 7.89. The maximum Gasteiger partial charge on any atom is 0.243 e. The molecule has 8 heteroatoms. The minimum absolute atomic E-state index is 0.110. The van der Waals surface area contributed by atoms with Crippen molar-refractivity contribution < 1.29 is 17.5 Å². The van der Waals surface area contributed by atoms with Gasteiger partial charge in [0, 0.05) is 31.5 Å². The van der Waals surface area contributed by atoms with E-state index < -0.39 is 15.8 Å². The van der Waals surface area contributed by atoms with Crippen molar-refractivity contribution in [2.45, 2.75) is 30.8 Å². The topological polar surface area (TPSA) is 59.5 Å². The van der Waals surface area contributed by atoms with E-state index in [0.29, 0.717) is 42.3 Å². The van der Waals surface area contributed by atoms with E-state index in [0.717, 1.165) is 0 Å². The third-order valence-corrected chi connectivity index (χ3v) is 6.53. The van der Waals surface area contributed by atoms with Gasteiger partial charge in [0.15, 0.2) is 0 Å². The SMILES string of the molecule is Cc1cc(F)ccc1S(=O)(=O)N1CCC(Oc2ccncc2Cl)CC1. The Bertz CT molecular complexity index is 868. The lowest BCUT2D eigenvalue weighted by molar-refractivity contribution is 0.135. The number of sulfonamides is 1. The molecule has 1 aliphatic rings. The van der Waals surface area contributed by atoms with Gasteiger partial charge < -0.3 is 4.74 Å². The number of nitrogens with zero attached hydrogens (tertiary/aromatic N) is 2. The lowest BCUT2D eigenvalue weighted by Gasteiger charge is -2.31. The fourth-order valence-corrected chi connectivity index (χ4v) is 4.71. The van der Waals surface area contributed by atoms with E-state index in [-0.39, 0.29) is 11.0 Å². The van der Waals surface area contributed by atoms with Gasteiger partial charge in [-0.15, -0.1) is 0 Å². The van der Waals surface area contributed by atoms with Crippen molar-refractivity contribution in [1.82, 2.24) is 9.29 Å². The van der Waals surface area contributed by atoms with Gasteiger partial charge in [0.25, 0.3) is 0 Å². The number of aromatic nitrogens is 1. The zero-order valence-electron chi connectivity index (χ0n) is 13.7. The number of piperidine rings is 1. The molecule has 0 bridgehead atoms. The Kier molecular flexibility index (Phi) is 5.27. The number of hydrogen-bond donors (Lipinski definition) is 0. The first kappa shape index (κ1) is 18.1. The van der Waals surface area contributed by atoms with Crippen LogP contribution in [0, 0.1) is 12.7 Å². The van der Waals surface area contributed by atoms with Crippen LogP contribution in [0.15, 0.2) is 41.6 Å². The van der Waals surface area contributed by atoms with Crippen LogP contribution in [-0.2, 0) is 10.0 Å². The number of pyridine rings is 1. The molecule has 1 saturated heterocycles. The molecule has 1 aliphatic heterocycles. The molecule has 134 valence electrons. The van der Waals surface area contributed by atoms with Gasteiger partial charge in [-0.05, 0) is 43.5 Å². The summed E-state index contributed by atoms with van der Waals surface area (Å²) in [5, 5.41) is 0.430. The molecule has 1 aromatic carbocycles. The van der Waals surface area contributed by atoms with Crippen LogP contribution in [0.25, 0.3) is 0 Å². The van der Waals surface area contributed by atoms with E-state index in [1.165, 1.54) is 28.7 Å². The Morgan fingerprint density at radius 3 is 2.64 bits per heavy atom. The summed E-state index contributed by atoms with van der Waals surface area (Å²) < 4.78 is 46.0. The lowest BCUT2D eigenvalue weighted by atomic mass is 10.1. The van der Waals surface area contributed by atoms with Crippen molar-refractivity contribution in [1.29, 1.82) is 0 Å². The number of aryl methyl sites for hydroxylation is 1. The standard InChI is InChI=1S/C17H18ClFN2O3S/c1-12-10-13(19)2-3-17(12)25(22,23)21-8-5-14(6-9-21)24-16-4-7-20-11-15(16)18/h2-4,7,10-11,14H,5-6,8-9H2,1H3.